The van der Waals surface area contributed by atoms with Gasteiger partial charge < -0.3 is 14.2 Å². The first kappa shape index (κ1) is 76.3. The molecule has 1 unspecified atom stereocenters. The predicted molar refractivity (Wildman–Crippen MR) is 348 cm³/mol. The molecule has 0 rings (SSSR count). The Morgan fingerprint density at radius 3 is 0.762 bits per heavy atom. The molecule has 0 heterocycles. The Labute approximate surface area is 496 Å². The third-order valence-corrected chi connectivity index (χ3v) is 14.9. The molecule has 0 fully saturated rings. The minimum atomic E-state index is -0.787. The van der Waals surface area contributed by atoms with E-state index in [-0.39, 0.29) is 31.1 Å². The van der Waals surface area contributed by atoms with Gasteiger partial charge in [0.1, 0.15) is 13.2 Å². The van der Waals surface area contributed by atoms with Crippen LogP contribution in [0, 0.1) is 0 Å². The molecule has 0 aliphatic carbocycles. The van der Waals surface area contributed by atoms with E-state index in [2.05, 4.69) is 118 Å². The summed E-state index contributed by atoms with van der Waals surface area (Å²) >= 11 is 0. The molecule has 460 valence electrons. The Bertz CT molecular complexity index is 1560. The monoisotopic (exact) mass is 1110 g/mol. The van der Waals surface area contributed by atoms with Gasteiger partial charge in [-0.1, -0.05) is 330 Å². The number of unbranched alkanes of at least 4 members (excludes halogenated alkanes) is 35. The van der Waals surface area contributed by atoms with Gasteiger partial charge in [-0.15, -0.1) is 0 Å². The van der Waals surface area contributed by atoms with Crippen molar-refractivity contribution in [1.29, 1.82) is 0 Å². The van der Waals surface area contributed by atoms with Crippen molar-refractivity contribution < 1.29 is 28.6 Å². The number of carbonyl (C=O) groups excluding carboxylic acids is 3. The highest BCUT2D eigenvalue weighted by Crippen LogP contribution is 2.17. The van der Waals surface area contributed by atoms with E-state index in [1.54, 1.807) is 0 Å². The van der Waals surface area contributed by atoms with Crippen molar-refractivity contribution in [3.05, 3.63) is 97.2 Å². The van der Waals surface area contributed by atoms with E-state index in [4.69, 9.17) is 14.2 Å². The van der Waals surface area contributed by atoms with E-state index >= 15 is 0 Å². The summed E-state index contributed by atoms with van der Waals surface area (Å²) in [5.74, 6) is -0.889. The Balaban J connectivity index is 4.37. The number of allylic oxidation sites excluding steroid dienone is 16. The second kappa shape index (κ2) is 67.8. The second-order valence-electron chi connectivity index (χ2n) is 22.7. The summed E-state index contributed by atoms with van der Waals surface area (Å²) in [6.45, 7) is 6.55. The second-order valence-corrected chi connectivity index (χ2v) is 22.7. The molecular formula is C74H128O6. The van der Waals surface area contributed by atoms with Crippen LogP contribution in [-0.4, -0.2) is 37.2 Å². The summed E-state index contributed by atoms with van der Waals surface area (Å²) < 4.78 is 17.0. The van der Waals surface area contributed by atoms with E-state index in [9.17, 15) is 14.4 Å². The van der Waals surface area contributed by atoms with Crippen LogP contribution in [0.3, 0.4) is 0 Å². The first-order valence-electron chi connectivity index (χ1n) is 34.2. The number of rotatable bonds is 62. The molecule has 0 amide bonds. The minimum Gasteiger partial charge on any atom is -0.462 e. The quantitative estimate of drug-likeness (QED) is 0.0261. The minimum absolute atomic E-state index is 0.0808. The van der Waals surface area contributed by atoms with Crippen LogP contribution in [0.2, 0.25) is 0 Å². The van der Waals surface area contributed by atoms with Gasteiger partial charge in [-0.05, 0) is 83.5 Å². The van der Waals surface area contributed by atoms with E-state index in [0.717, 1.165) is 122 Å². The van der Waals surface area contributed by atoms with Crippen LogP contribution >= 0.6 is 0 Å². The molecule has 0 aromatic heterocycles. The van der Waals surface area contributed by atoms with Crippen molar-refractivity contribution in [2.75, 3.05) is 13.2 Å². The highest BCUT2D eigenvalue weighted by atomic mass is 16.6. The Hall–Kier alpha value is -3.67. The smallest absolute Gasteiger partial charge is 0.306 e. The fourth-order valence-electron chi connectivity index (χ4n) is 9.76. The molecule has 0 spiro atoms. The summed E-state index contributed by atoms with van der Waals surface area (Å²) in [5, 5.41) is 0. The van der Waals surface area contributed by atoms with E-state index < -0.39 is 6.10 Å². The highest BCUT2D eigenvalue weighted by Gasteiger charge is 2.19. The molecule has 6 heteroatoms. The number of esters is 3. The maximum absolute atomic E-state index is 12.9. The molecule has 6 nitrogen and oxygen atoms in total. The van der Waals surface area contributed by atoms with Gasteiger partial charge in [0.05, 0.1) is 0 Å². The fraction of sp³-hybridized carbons (Fsp3) is 0.743. The van der Waals surface area contributed by atoms with Crippen molar-refractivity contribution in [1.82, 2.24) is 0 Å². The van der Waals surface area contributed by atoms with Crippen LogP contribution in [0.5, 0.6) is 0 Å². The van der Waals surface area contributed by atoms with Gasteiger partial charge >= 0.3 is 17.9 Å². The molecule has 0 saturated carbocycles. The van der Waals surface area contributed by atoms with Gasteiger partial charge in [0.25, 0.3) is 0 Å². The van der Waals surface area contributed by atoms with Gasteiger partial charge in [0.2, 0.25) is 0 Å². The normalized spacial score (nSPS) is 12.7. The molecule has 0 aromatic rings. The number of ether oxygens (including phenoxy) is 3. The van der Waals surface area contributed by atoms with Crippen LogP contribution in [0.4, 0.5) is 0 Å². The lowest BCUT2D eigenvalue weighted by Gasteiger charge is -2.18. The average Bonchev–Trinajstić information content (AvgIpc) is 3.46. The number of carbonyl (C=O) groups is 3. The molecule has 80 heavy (non-hydrogen) atoms. The average molecular weight is 1110 g/mol. The van der Waals surface area contributed by atoms with E-state index in [1.165, 1.54) is 173 Å². The fourth-order valence-corrected chi connectivity index (χ4v) is 9.76. The predicted octanol–water partition coefficient (Wildman–Crippen LogP) is 23.6. The molecule has 0 saturated heterocycles. The molecule has 0 bridgehead atoms. The summed E-state index contributed by atoms with van der Waals surface area (Å²) in [4.78, 5) is 38.4. The number of hydrogen-bond acceptors (Lipinski definition) is 6. The summed E-state index contributed by atoms with van der Waals surface area (Å²) in [7, 11) is 0. The largest absolute Gasteiger partial charge is 0.462 e. The van der Waals surface area contributed by atoms with Crippen LogP contribution < -0.4 is 0 Å². The molecule has 1 atom stereocenters. The zero-order valence-electron chi connectivity index (χ0n) is 52.8. The first-order valence-corrected chi connectivity index (χ1v) is 34.2. The van der Waals surface area contributed by atoms with Crippen molar-refractivity contribution in [3.63, 3.8) is 0 Å². The van der Waals surface area contributed by atoms with Crippen molar-refractivity contribution in [3.8, 4) is 0 Å². The maximum atomic E-state index is 12.9. The molecule has 0 aliphatic heterocycles. The summed E-state index contributed by atoms with van der Waals surface area (Å²) in [5.41, 5.74) is 0. The van der Waals surface area contributed by atoms with Gasteiger partial charge in [-0.3, -0.25) is 14.4 Å². The van der Waals surface area contributed by atoms with Gasteiger partial charge in [-0.25, -0.2) is 0 Å². The van der Waals surface area contributed by atoms with Crippen molar-refractivity contribution in [2.24, 2.45) is 0 Å². The van der Waals surface area contributed by atoms with E-state index in [1.807, 2.05) is 0 Å². The molecule has 0 aliphatic rings. The van der Waals surface area contributed by atoms with Crippen LogP contribution in [0.1, 0.15) is 335 Å². The summed E-state index contributed by atoms with van der Waals surface area (Å²) in [6, 6.07) is 0. The zero-order valence-corrected chi connectivity index (χ0v) is 52.8. The Morgan fingerprint density at radius 1 is 0.263 bits per heavy atom. The van der Waals surface area contributed by atoms with Gasteiger partial charge in [0, 0.05) is 19.3 Å². The standard InChI is InChI=1S/C74H128O6/c1-4-7-10-13-16-19-22-25-28-30-32-33-34-35-36-37-38-39-40-41-42-44-46-49-52-55-58-61-64-67-73(76)79-70-71(69-78-72(75)66-63-60-57-54-51-48-45-27-24-21-18-15-12-9-6-3)80-74(77)68-65-62-59-56-53-50-47-43-31-29-26-23-20-17-14-11-8-5-2/h7,10,16,19,25,28,32-33,35-36,38-39,41-42,46,49,71H,4-6,8-9,11-15,17-18,20-24,26-27,29-31,34,37,40,43-45,47-48,50-70H2,1-3H3/b10-7-,19-16-,28-25-,33-32-,36-35-,39-38-,42-41-,49-46-. The third kappa shape index (κ3) is 65.1. The molecule has 0 N–H and O–H groups in total. The Kier molecular flexibility index (Phi) is 64.7. The van der Waals surface area contributed by atoms with Crippen molar-refractivity contribution in [2.45, 2.75) is 341 Å². The van der Waals surface area contributed by atoms with Gasteiger partial charge in [0.15, 0.2) is 6.10 Å². The van der Waals surface area contributed by atoms with Crippen molar-refractivity contribution >= 4 is 17.9 Å². The molecule has 0 radical (unpaired) electrons. The topological polar surface area (TPSA) is 78.9 Å². The molecule has 0 aromatic carbocycles. The Morgan fingerprint density at radius 2 is 0.487 bits per heavy atom. The van der Waals surface area contributed by atoms with Crippen LogP contribution in [-0.2, 0) is 28.6 Å². The third-order valence-electron chi connectivity index (χ3n) is 14.9. The number of hydrogen-bond donors (Lipinski definition) is 0. The summed E-state index contributed by atoms with van der Waals surface area (Å²) in [6.07, 6.45) is 91.3. The van der Waals surface area contributed by atoms with E-state index in [0.29, 0.717) is 19.3 Å². The first-order chi connectivity index (χ1) is 39.5. The highest BCUT2D eigenvalue weighted by molar-refractivity contribution is 5.71. The van der Waals surface area contributed by atoms with Crippen LogP contribution in [0.25, 0.3) is 0 Å². The maximum Gasteiger partial charge on any atom is 0.306 e. The van der Waals surface area contributed by atoms with Gasteiger partial charge in [-0.2, -0.15) is 0 Å². The zero-order chi connectivity index (χ0) is 57.8. The lowest BCUT2D eigenvalue weighted by Crippen LogP contribution is -2.30. The SMILES string of the molecule is CC/C=C\C/C=C\C/C=C\C/C=C\C/C=C\C/C=C\C/C=C\C/C=C\CCCCCCC(=O)OCC(COC(=O)CCCCCCCCCCCCCCCCC)OC(=O)CCCCCCCCCCCCCCCCCCCC. The van der Waals surface area contributed by atoms with Crippen LogP contribution in [0.15, 0.2) is 97.2 Å². The lowest BCUT2D eigenvalue weighted by atomic mass is 10.0. The lowest BCUT2D eigenvalue weighted by molar-refractivity contribution is -0.167. The molecular weight excluding hydrogens is 985 g/mol.